The van der Waals surface area contributed by atoms with Gasteiger partial charge in [-0.3, -0.25) is 4.79 Å². The lowest BCUT2D eigenvalue weighted by atomic mass is 10.0. The highest BCUT2D eigenvalue weighted by Gasteiger charge is 2.10. The topological polar surface area (TPSA) is 123 Å². The van der Waals surface area contributed by atoms with Crippen LogP contribution in [0.5, 0.6) is 0 Å². The van der Waals surface area contributed by atoms with Crippen LogP contribution in [-0.4, -0.2) is 16.8 Å². The van der Waals surface area contributed by atoms with E-state index in [1.54, 1.807) is 42.6 Å². The first-order valence-corrected chi connectivity index (χ1v) is 9.19. The standard InChI is InChI=1S/C22H23N5O2/c23-19-9-5-16(6-10-19)14-27-22(29)26-13-15-3-7-17(8-4-15)20(28)12-18-2-1-11-25-21(18)24/h1-11H,12-14,23H2,(H2,24,25)(H2,26,27,29). The highest BCUT2D eigenvalue weighted by Crippen LogP contribution is 2.13. The molecule has 0 radical (unpaired) electrons. The molecule has 0 saturated heterocycles. The van der Waals surface area contributed by atoms with Gasteiger partial charge in [0, 0.05) is 42.5 Å². The lowest BCUT2D eigenvalue weighted by Gasteiger charge is -2.09. The molecule has 148 valence electrons. The van der Waals surface area contributed by atoms with Gasteiger partial charge < -0.3 is 22.1 Å². The van der Waals surface area contributed by atoms with E-state index in [1.165, 1.54) is 0 Å². The fraction of sp³-hybridized carbons (Fsp3) is 0.136. The molecule has 7 heteroatoms. The van der Waals surface area contributed by atoms with Gasteiger partial charge in [-0.2, -0.15) is 0 Å². The average Bonchev–Trinajstić information content (AvgIpc) is 2.74. The zero-order valence-corrected chi connectivity index (χ0v) is 15.9. The van der Waals surface area contributed by atoms with Crippen molar-refractivity contribution < 1.29 is 9.59 Å². The predicted molar refractivity (Wildman–Crippen MR) is 113 cm³/mol. The van der Waals surface area contributed by atoms with E-state index in [1.807, 2.05) is 24.3 Å². The van der Waals surface area contributed by atoms with Crippen molar-refractivity contribution in [3.8, 4) is 0 Å². The quantitative estimate of drug-likeness (QED) is 0.365. The summed E-state index contributed by atoms with van der Waals surface area (Å²) in [6.07, 6.45) is 1.79. The minimum atomic E-state index is -0.269. The van der Waals surface area contributed by atoms with Crippen molar-refractivity contribution in [3.63, 3.8) is 0 Å². The van der Waals surface area contributed by atoms with Gasteiger partial charge in [-0.25, -0.2) is 9.78 Å². The van der Waals surface area contributed by atoms with E-state index in [4.69, 9.17) is 11.5 Å². The smallest absolute Gasteiger partial charge is 0.315 e. The Hall–Kier alpha value is -3.87. The number of aromatic nitrogens is 1. The fourth-order valence-electron chi connectivity index (χ4n) is 2.75. The number of urea groups is 1. The van der Waals surface area contributed by atoms with Crippen molar-refractivity contribution in [1.29, 1.82) is 0 Å². The largest absolute Gasteiger partial charge is 0.399 e. The average molecular weight is 389 g/mol. The number of Topliss-reactive ketones (excluding diaryl/α,β-unsaturated/α-hetero) is 1. The van der Waals surface area contributed by atoms with Crippen molar-refractivity contribution in [2.75, 3.05) is 11.5 Å². The number of amides is 2. The summed E-state index contributed by atoms with van der Waals surface area (Å²) in [7, 11) is 0. The second kappa shape index (κ2) is 9.36. The number of hydrogen-bond donors (Lipinski definition) is 4. The Morgan fingerprint density at radius 2 is 1.41 bits per heavy atom. The van der Waals surface area contributed by atoms with Gasteiger partial charge in [0.1, 0.15) is 5.82 Å². The van der Waals surface area contributed by atoms with Crippen molar-refractivity contribution in [2.45, 2.75) is 19.5 Å². The van der Waals surface area contributed by atoms with E-state index < -0.39 is 0 Å². The molecule has 3 aromatic rings. The molecule has 0 fully saturated rings. The zero-order chi connectivity index (χ0) is 20.6. The molecule has 0 aliphatic carbocycles. The molecular weight excluding hydrogens is 366 g/mol. The molecule has 1 aromatic heterocycles. The van der Waals surface area contributed by atoms with Gasteiger partial charge in [-0.05, 0) is 29.3 Å². The van der Waals surface area contributed by atoms with E-state index >= 15 is 0 Å². The van der Waals surface area contributed by atoms with Gasteiger partial charge in [-0.15, -0.1) is 0 Å². The van der Waals surface area contributed by atoms with Crippen LogP contribution in [0, 0.1) is 0 Å². The Kier molecular flexibility index (Phi) is 6.42. The third-order valence-corrected chi connectivity index (χ3v) is 4.44. The normalized spacial score (nSPS) is 10.3. The molecule has 0 bridgehead atoms. The first-order chi connectivity index (χ1) is 14.0. The van der Waals surface area contributed by atoms with Gasteiger partial charge in [-0.1, -0.05) is 42.5 Å². The summed E-state index contributed by atoms with van der Waals surface area (Å²) >= 11 is 0. The van der Waals surface area contributed by atoms with E-state index in [-0.39, 0.29) is 18.2 Å². The number of pyridine rings is 1. The number of rotatable bonds is 7. The number of carbonyl (C=O) groups excluding carboxylic acids is 2. The van der Waals surface area contributed by atoms with E-state index in [0.717, 1.165) is 11.1 Å². The zero-order valence-electron chi connectivity index (χ0n) is 15.9. The van der Waals surface area contributed by atoms with Crippen molar-refractivity contribution in [2.24, 2.45) is 0 Å². The minimum Gasteiger partial charge on any atom is -0.399 e. The number of nitrogens with one attached hydrogen (secondary N) is 2. The monoisotopic (exact) mass is 389 g/mol. The second-order valence-corrected chi connectivity index (χ2v) is 6.62. The summed E-state index contributed by atoms with van der Waals surface area (Å²) in [5.74, 6) is 0.331. The van der Waals surface area contributed by atoms with Crippen molar-refractivity contribution in [3.05, 3.63) is 89.1 Å². The van der Waals surface area contributed by atoms with Crippen molar-refractivity contribution in [1.82, 2.24) is 15.6 Å². The number of ketones is 1. The Morgan fingerprint density at radius 1 is 0.828 bits per heavy atom. The maximum atomic E-state index is 12.4. The number of benzene rings is 2. The highest BCUT2D eigenvalue weighted by atomic mass is 16.2. The molecule has 29 heavy (non-hydrogen) atoms. The molecule has 2 aromatic carbocycles. The summed E-state index contributed by atoms with van der Waals surface area (Å²) in [5.41, 5.74) is 15.3. The van der Waals surface area contributed by atoms with Crippen LogP contribution in [0.1, 0.15) is 27.0 Å². The van der Waals surface area contributed by atoms with Crippen LogP contribution < -0.4 is 22.1 Å². The van der Waals surface area contributed by atoms with Gasteiger partial charge >= 0.3 is 6.03 Å². The number of carbonyl (C=O) groups is 2. The Morgan fingerprint density at radius 3 is 2.00 bits per heavy atom. The molecule has 0 spiro atoms. The summed E-state index contributed by atoms with van der Waals surface area (Å²) in [5, 5.41) is 5.58. The van der Waals surface area contributed by atoms with Crippen molar-refractivity contribution >= 4 is 23.3 Å². The third-order valence-electron chi connectivity index (χ3n) is 4.44. The number of anilines is 2. The summed E-state index contributed by atoms with van der Waals surface area (Å²) < 4.78 is 0. The molecule has 1 heterocycles. The van der Waals surface area contributed by atoms with Crippen LogP contribution in [0.15, 0.2) is 66.9 Å². The molecule has 0 aliphatic rings. The number of nitrogen functional groups attached to an aromatic ring is 2. The first-order valence-electron chi connectivity index (χ1n) is 9.19. The third kappa shape index (κ3) is 5.80. The van der Waals surface area contributed by atoms with Crippen LogP contribution >= 0.6 is 0 Å². The van der Waals surface area contributed by atoms with Crippen LogP contribution in [0.25, 0.3) is 0 Å². The van der Waals surface area contributed by atoms with Gasteiger partial charge in [0.2, 0.25) is 0 Å². The summed E-state index contributed by atoms with van der Waals surface area (Å²) in [6, 6.07) is 17.7. The van der Waals surface area contributed by atoms with Crippen LogP contribution in [-0.2, 0) is 19.5 Å². The molecule has 0 aliphatic heterocycles. The highest BCUT2D eigenvalue weighted by molar-refractivity contribution is 5.98. The molecule has 3 rings (SSSR count). The molecule has 7 nitrogen and oxygen atoms in total. The van der Waals surface area contributed by atoms with Gasteiger partial charge in [0.25, 0.3) is 0 Å². The lowest BCUT2D eigenvalue weighted by molar-refractivity contribution is 0.0993. The fourth-order valence-corrected chi connectivity index (χ4v) is 2.75. The summed E-state index contributed by atoms with van der Waals surface area (Å²) in [4.78, 5) is 28.4. The first kappa shape index (κ1) is 19.9. The number of nitrogens with two attached hydrogens (primary N) is 2. The second-order valence-electron chi connectivity index (χ2n) is 6.62. The maximum absolute atomic E-state index is 12.4. The lowest BCUT2D eigenvalue weighted by Crippen LogP contribution is -2.34. The molecule has 2 amide bonds. The van der Waals surface area contributed by atoms with E-state index in [0.29, 0.717) is 35.7 Å². The Balaban J connectivity index is 1.47. The van der Waals surface area contributed by atoms with Gasteiger partial charge in [0.15, 0.2) is 5.78 Å². The van der Waals surface area contributed by atoms with E-state index in [2.05, 4.69) is 15.6 Å². The Bertz CT molecular complexity index is 985. The molecule has 0 atom stereocenters. The molecule has 0 saturated carbocycles. The minimum absolute atomic E-state index is 0.0366. The summed E-state index contributed by atoms with van der Waals surface area (Å²) in [6.45, 7) is 0.772. The van der Waals surface area contributed by atoms with Gasteiger partial charge in [0.05, 0.1) is 0 Å². The molecule has 6 N–H and O–H groups in total. The SMILES string of the molecule is Nc1ccc(CNC(=O)NCc2ccc(C(=O)Cc3cccnc3N)cc2)cc1. The molecule has 0 unspecified atom stereocenters. The van der Waals surface area contributed by atoms with Crippen LogP contribution in [0.4, 0.5) is 16.3 Å². The van der Waals surface area contributed by atoms with E-state index in [9.17, 15) is 9.59 Å². The van der Waals surface area contributed by atoms with Crippen LogP contribution in [0.2, 0.25) is 0 Å². The number of nitrogens with zero attached hydrogens (tertiary/aromatic N) is 1. The molecular formula is C22H23N5O2. The number of hydrogen-bond acceptors (Lipinski definition) is 5. The van der Waals surface area contributed by atoms with Crippen LogP contribution in [0.3, 0.4) is 0 Å². The predicted octanol–water partition coefficient (Wildman–Crippen LogP) is 2.67. The maximum Gasteiger partial charge on any atom is 0.315 e. The Labute approximate surface area is 169 Å².